The summed E-state index contributed by atoms with van der Waals surface area (Å²) in [5, 5.41) is 0. The van der Waals surface area contributed by atoms with E-state index in [1.807, 2.05) is 27.7 Å². The van der Waals surface area contributed by atoms with E-state index < -0.39 is 0 Å². The van der Waals surface area contributed by atoms with Gasteiger partial charge in [0.2, 0.25) is 0 Å². The van der Waals surface area contributed by atoms with Crippen LogP contribution in [0.25, 0.3) is 0 Å². The maximum Gasteiger partial charge on any atom is -0.0318 e. The van der Waals surface area contributed by atoms with Crippen molar-refractivity contribution in [1.82, 2.24) is 0 Å². The van der Waals surface area contributed by atoms with Crippen molar-refractivity contribution < 1.29 is 0 Å². The van der Waals surface area contributed by atoms with Crippen LogP contribution in [0.1, 0.15) is 101 Å². The van der Waals surface area contributed by atoms with E-state index >= 15 is 0 Å². The van der Waals surface area contributed by atoms with Gasteiger partial charge in [0.15, 0.2) is 0 Å². The average Bonchev–Trinajstić information content (AvgIpc) is 2.32. The van der Waals surface area contributed by atoms with E-state index in [2.05, 4.69) is 34.6 Å². The highest BCUT2D eigenvalue weighted by Crippen LogP contribution is 2.47. The molecule has 18 heavy (non-hydrogen) atoms. The topological polar surface area (TPSA) is 0 Å². The Morgan fingerprint density at radius 3 is 2.00 bits per heavy atom. The van der Waals surface area contributed by atoms with E-state index in [4.69, 9.17) is 0 Å². The lowest BCUT2D eigenvalue weighted by Crippen LogP contribution is -2.30. The molecule has 0 nitrogen and oxygen atoms in total. The summed E-state index contributed by atoms with van der Waals surface area (Å²) in [4.78, 5) is 0. The molecule has 0 spiro atoms. The van der Waals surface area contributed by atoms with Gasteiger partial charge in [-0.2, -0.15) is 0 Å². The predicted octanol–water partition coefficient (Wildman–Crippen LogP) is 7.08. The van der Waals surface area contributed by atoms with Crippen molar-refractivity contribution >= 4 is 0 Å². The van der Waals surface area contributed by atoms with Crippen LogP contribution in [0, 0.1) is 16.7 Å². The Hall–Kier alpha value is 0. The molecular formula is C18H40. The summed E-state index contributed by atoms with van der Waals surface area (Å²) < 4.78 is 0. The molecule has 0 bridgehead atoms. The fraction of sp³-hybridized carbons (Fsp3) is 1.00. The first kappa shape index (κ1) is 20.3. The summed E-state index contributed by atoms with van der Waals surface area (Å²) in [5.41, 5.74) is 1.18. The summed E-state index contributed by atoms with van der Waals surface area (Å²) >= 11 is 0. The third-order valence-electron chi connectivity index (χ3n) is 4.18. The summed E-state index contributed by atoms with van der Waals surface area (Å²) in [7, 11) is 0. The lowest BCUT2D eigenvalue weighted by atomic mass is 9.64. The molecule has 0 aromatic carbocycles. The molecule has 0 heteroatoms. The minimum absolute atomic E-state index is 0.547. The van der Waals surface area contributed by atoms with Gasteiger partial charge in [0.05, 0.1) is 0 Å². The third-order valence-corrected chi connectivity index (χ3v) is 4.18. The Kier molecular flexibility index (Phi) is 11.1. The monoisotopic (exact) mass is 256 g/mol. The Labute approximate surface area is 118 Å². The second kappa shape index (κ2) is 9.87. The molecule has 0 aromatic heterocycles. The van der Waals surface area contributed by atoms with Gasteiger partial charge < -0.3 is 0 Å². The molecule has 1 fully saturated rings. The molecule has 0 saturated heterocycles. The van der Waals surface area contributed by atoms with Crippen LogP contribution in [0.3, 0.4) is 0 Å². The van der Waals surface area contributed by atoms with Crippen molar-refractivity contribution in [3.8, 4) is 0 Å². The van der Waals surface area contributed by atoms with Crippen LogP contribution in [0.15, 0.2) is 0 Å². The zero-order chi connectivity index (χ0) is 14.8. The van der Waals surface area contributed by atoms with Crippen LogP contribution < -0.4 is 0 Å². The van der Waals surface area contributed by atoms with Crippen molar-refractivity contribution in [2.45, 2.75) is 101 Å². The van der Waals surface area contributed by atoms with Gasteiger partial charge in [0.1, 0.15) is 0 Å². The lowest BCUT2D eigenvalue weighted by molar-refractivity contribution is 0.0955. The lowest BCUT2D eigenvalue weighted by Gasteiger charge is -2.42. The number of rotatable bonds is 3. The average molecular weight is 257 g/mol. The van der Waals surface area contributed by atoms with Crippen LogP contribution in [-0.4, -0.2) is 0 Å². The minimum Gasteiger partial charge on any atom is -0.0683 e. The SMILES string of the molecule is CC.CC.CCC(C)(C)CC1(C)CCCC(C)C1. The minimum atomic E-state index is 0.547. The second-order valence-corrected chi connectivity index (χ2v) is 6.71. The molecule has 1 aliphatic carbocycles. The second-order valence-electron chi connectivity index (χ2n) is 6.71. The van der Waals surface area contributed by atoms with E-state index in [0.717, 1.165) is 5.92 Å². The molecule has 0 aromatic rings. The standard InChI is InChI=1S/C14H28.2C2H6/c1-6-13(3,4)11-14(5)9-7-8-12(2)10-14;2*1-2/h12H,6-11H2,1-5H3;2*1-2H3. The van der Waals surface area contributed by atoms with E-state index in [-0.39, 0.29) is 0 Å². The molecule has 1 aliphatic rings. The molecule has 0 N–H and O–H groups in total. The molecule has 0 heterocycles. The molecule has 2 atom stereocenters. The molecular weight excluding hydrogens is 216 g/mol. The van der Waals surface area contributed by atoms with Gasteiger partial charge in [-0.25, -0.2) is 0 Å². The summed E-state index contributed by atoms with van der Waals surface area (Å²) in [6.07, 6.45) is 8.56. The van der Waals surface area contributed by atoms with Crippen molar-refractivity contribution in [1.29, 1.82) is 0 Å². The highest BCUT2D eigenvalue weighted by molar-refractivity contribution is 4.86. The number of hydrogen-bond donors (Lipinski definition) is 0. The molecule has 0 radical (unpaired) electrons. The third kappa shape index (κ3) is 8.16. The van der Waals surface area contributed by atoms with E-state index in [1.54, 1.807) is 0 Å². The van der Waals surface area contributed by atoms with Gasteiger partial charge in [-0.15, -0.1) is 0 Å². The fourth-order valence-corrected chi connectivity index (χ4v) is 3.36. The predicted molar refractivity (Wildman–Crippen MR) is 87.1 cm³/mol. The largest absolute Gasteiger partial charge is 0.0683 e. The van der Waals surface area contributed by atoms with Gasteiger partial charge in [0.25, 0.3) is 0 Å². The highest BCUT2D eigenvalue weighted by atomic mass is 14.4. The van der Waals surface area contributed by atoms with Crippen molar-refractivity contribution in [3.63, 3.8) is 0 Å². The van der Waals surface area contributed by atoms with Crippen LogP contribution in [-0.2, 0) is 0 Å². The summed E-state index contributed by atoms with van der Waals surface area (Å²) in [6.45, 7) is 20.1. The van der Waals surface area contributed by atoms with Crippen LogP contribution in [0.5, 0.6) is 0 Å². The van der Waals surface area contributed by atoms with Crippen molar-refractivity contribution in [3.05, 3.63) is 0 Å². The van der Waals surface area contributed by atoms with E-state index in [0.29, 0.717) is 10.8 Å². The normalized spacial score (nSPS) is 27.5. The molecule has 0 aliphatic heterocycles. The van der Waals surface area contributed by atoms with Gasteiger partial charge >= 0.3 is 0 Å². The fourth-order valence-electron chi connectivity index (χ4n) is 3.36. The first-order valence-electron chi connectivity index (χ1n) is 8.37. The van der Waals surface area contributed by atoms with Crippen LogP contribution in [0.2, 0.25) is 0 Å². The van der Waals surface area contributed by atoms with Gasteiger partial charge in [-0.1, -0.05) is 81.6 Å². The zero-order valence-electron chi connectivity index (χ0n) is 14.8. The van der Waals surface area contributed by atoms with Crippen LogP contribution >= 0.6 is 0 Å². The van der Waals surface area contributed by atoms with Gasteiger partial charge in [-0.3, -0.25) is 0 Å². The Morgan fingerprint density at radius 1 is 1.11 bits per heavy atom. The molecule has 112 valence electrons. The van der Waals surface area contributed by atoms with Crippen molar-refractivity contribution in [2.24, 2.45) is 16.7 Å². The van der Waals surface area contributed by atoms with Crippen LogP contribution in [0.4, 0.5) is 0 Å². The summed E-state index contributed by atoms with van der Waals surface area (Å²) in [5.74, 6) is 0.960. The molecule has 1 rings (SSSR count). The maximum absolute atomic E-state index is 2.51. The van der Waals surface area contributed by atoms with Gasteiger partial charge in [0, 0.05) is 0 Å². The number of hydrogen-bond acceptors (Lipinski definition) is 0. The van der Waals surface area contributed by atoms with Gasteiger partial charge in [-0.05, 0) is 36.0 Å². The van der Waals surface area contributed by atoms with Crippen molar-refractivity contribution in [2.75, 3.05) is 0 Å². The highest BCUT2D eigenvalue weighted by Gasteiger charge is 2.34. The quantitative estimate of drug-likeness (QED) is 0.506. The Morgan fingerprint density at radius 2 is 1.61 bits per heavy atom. The first-order chi connectivity index (χ1) is 8.37. The zero-order valence-corrected chi connectivity index (χ0v) is 14.8. The van der Waals surface area contributed by atoms with E-state index in [1.165, 1.54) is 38.5 Å². The van der Waals surface area contributed by atoms with E-state index in [9.17, 15) is 0 Å². The molecule has 1 saturated carbocycles. The smallest absolute Gasteiger partial charge is 0.0318 e. The maximum atomic E-state index is 2.51. The molecule has 0 amide bonds. The first-order valence-corrected chi connectivity index (χ1v) is 8.37. The molecule has 2 unspecified atom stereocenters. The Balaban J connectivity index is 0. The summed E-state index contributed by atoms with van der Waals surface area (Å²) in [6, 6.07) is 0. The Bertz CT molecular complexity index is 180.